The summed E-state index contributed by atoms with van der Waals surface area (Å²) in [7, 11) is -3.64. The summed E-state index contributed by atoms with van der Waals surface area (Å²) in [6.07, 6.45) is 2.90. The first-order valence-corrected chi connectivity index (χ1v) is 7.62. The van der Waals surface area contributed by atoms with E-state index < -0.39 is 21.2 Å². The molecule has 0 aromatic heterocycles. The number of carboxylic acid groups (broad SMARTS) is 1. The van der Waals surface area contributed by atoms with Crippen molar-refractivity contribution in [2.24, 2.45) is 0 Å². The zero-order chi connectivity index (χ0) is 14.8. The molecule has 0 spiro atoms. The lowest BCUT2D eigenvalue weighted by atomic mass is 9.64. The van der Waals surface area contributed by atoms with E-state index in [1.54, 1.807) is 18.2 Å². The lowest BCUT2D eigenvalue weighted by Crippen LogP contribution is -2.42. The van der Waals surface area contributed by atoms with Gasteiger partial charge in [-0.2, -0.15) is 5.26 Å². The van der Waals surface area contributed by atoms with Gasteiger partial charge in [-0.25, -0.2) is 8.42 Å². The number of nitriles is 1. The number of benzene rings is 1. The van der Waals surface area contributed by atoms with Gasteiger partial charge >= 0.3 is 5.97 Å². The Kier molecular flexibility index (Phi) is 3.64. The molecule has 2 rings (SSSR count). The van der Waals surface area contributed by atoms with Crippen molar-refractivity contribution in [1.29, 1.82) is 5.26 Å². The molecule has 0 saturated heterocycles. The van der Waals surface area contributed by atoms with Crippen LogP contribution in [0.4, 0.5) is 0 Å². The van der Waals surface area contributed by atoms with Crippen molar-refractivity contribution >= 4 is 15.8 Å². The molecule has 0 bridgehead atoms. The average Bonchev–Trinajstić information content (AvgIpc) is 2.35. The third kappa shape index (κ3) is 2.32. The van der Waals surface area contributed by atoms with Crippen molar-refractivity contribution in [2.75, 3.05) is 0 Å². The van der Waals surface area contributed by atoms with Crippen LogP contribution < -0.4 is 0 Å². The van der Waals surface area contributed by atoms with Gasteiger partial charge in [0.15, 0.2) is 0 Å². The number of sulfone groups is 1. The largest absolute Gasteiger partial charge is 0.481 e. The van der Waals surface area contributed by atoms with Crippen molar-refractivity contribution < 1.29 is 18.3 Å². The predicted molar refractivity (Wildman–Crippen MR) is 71.5 cm³/mol. The summed E-state index contributed by atoms with van der Waals surface area (Å²) in [6.45, 7) is 0. The van der Waals surface area contributed by atoms with E-state index in [1.807, 2.05) is 0 Å². The van der Waals surface area contributed by atoms with Crippen molar-refractivity contribution in [3.05, 3.63) is 41.3 Å². The standard InChI is InChI=1S/C14H13NO4S/c15-9-2-10-20(18,19)12-5-3-11(4-6-12)14(13(16)17)7-1-8-14/h2-6,10H,1,7-8H2,(H,16,17)/b10-2+. The molecule has 1 N–H and O–H groups in total. The number of carbonyl (C=O) groups is 1. The molecule has 20 heavy (non-hydrogen) atoms. The van der Waals surface area contributed by atoms with Crippen molar-refractivity contribution in [1.82, 2.24) is 0 Å². The Morgan fingerprint density at radius 1 is 1.30 bits per heavy atom. The predicted octanol–water partition coefficient (Wildman–Crippen LogP) is 2.00. The van der Waals surface area contributed by atoms with Crippen LogP contribution in [0.15, 0.2) is 40.6 Å². The number of rotatable bonds is 4. The van der Waals surface area contributed by atoms with E-state index >= 15 is 0 Å². The molecular weight excluding hydrogens is 278 g/mol. The average molecular weight is 291 g/mol. The Morgan fingerprint density at radius 2 is 1.90 bits per heavy atom. The van der Waals surface area contributed by atoms with Gasteiger partial charge in [-0.3, -0.25) is 4.79 Å². The molecule has 0 aliphatic heterocycles. The Balaban J connectivity index is 2.35. The highest BCUT2D eigenvalue weighted by Gasteiger charge is 2.45. The van der Waals surface area contributed by atoms with Gasteiger partial charge in [0.1, 0.15) is 0 Å². The number of carboxylic acids is 1. The zero-order valence-electron chi connectivity index (χ0n) is 10.6. The molecule has 6 heteroatoms. The van der Waals surface area contributed by atoms with Gasteiger partial charge in [-0.15, -0.1) is 0 Å². The Morgan fingerprint density at radius 3 is 2.30 bits per heavy atom. The maximum atomic E-state index is 11.8. The number of allylic oxidation sites excluding steroid dienone is 1. The van der Waals surface area contributed by atoms with Crippen molar-refractivity contribution in [3.8, 4) is 6.07 Å². The SMILES string of the molecule is N#C/C=C/S(=O)(=O)c1ccc(C2(C(=O)O)CCC2)cc1. The fourth-order valence-electron chi connectivity index (χ4n) is 2.32. The fourth-order valence-corrected chi connectivity index (χ4v) is 3.23. The maximum Gasteiger partial charge on any atom is 0.314 e. The summed E-state index contributed by atoms with van der Waals surface area (Å²) < 4.78 is 23.6. The second-order valence-electron chi connectivity index (χ2n) is 4.74. The van der Waals surface area contributed by atoms with Crippen molar-refractivity contribution in [2.45, 2.75) is 29.6 Å². The van der Waals surface area contributed by atoms with Crippen LogP contribution >= 0.6 is 0 Å². The van der Waals surface area contributed by atoms with Gasteiger partial charge in [0.05, 0.1) is 16.4 Å². The molecule has 0 heterocycles. The van der Waals surface area contributed by atoms with Crippen LogP contribution in [0.5, 0.6) is 0 Å². The molecule has 1 fully saturated rings. The van der Waals surface area contributed by atoms with Crippen molar-refractivity contribution in [3.63, 3.8) is 0 Å². The van der Waals surface area contributed by atoms with E-state index in [9.17, 15) is 18.3 Å². The minimum absolute atomic E-state index is 0.0487. The van der Waals surface area contributed by atoms with Gasteiger partial charge < -0.3 is 5.11 Å². The summed E-state index contributed by atoms with van der Waals surface area (Å²) >= 11 is 0. The smallest absolute Gasteiger partial charge is 0.314 e. The minimum Gasteiger partial charge on any atom is -0.481 e. The molecule has 104 valence electrons. The molecule has 1 aliphatic carbocycles. The highest BCUT2D eigenvalue weighted by atomic mass is 32.2. The van der Waals surface area contributed by atoms with Crippen LogP contribution in [0.2, 0.25) is 0 Å². The van der Waals surface area contributed by atoms with E-state index in [2.05, 4.69) is 0 Å². The quantitative estimate of drug-likeness (QED) is 0.856. The third-order valence-electron chi connectivity index (χ3n) is 3.67. The summed E-state index contributed by atoms with van der Waals surface area (Å²) in [5, 5.41) is 18.5. The Bertz CT molecular complexity index is 692. The van der Waals surface area contributed by atoms with E-state index in [1.165, 1.54) is 12.1 Å². The third-order valence-corrected chi connectivity index (χ3v) is 5.10. The van der Waals surface area contributed by atoms with Crippen LogP contribution in [0.1, 0.15) is 24.8 Å². The van der Waals surface area contributed by atoms with Crippen LogP contribution in [-0.4, -0.2) is 19.5 Å². The number of nitrogens with zero attached hydrogens (tertiary/aromatic N) is 1. The highest BCUT2D eigenvalue weighted by Crippen LogP contribution is 2.44. The molecule has 1 aromatic rings. The van der Waals surface area contributed by atoms with Gasteiger partial charge in [-0.1, -0.05) is 18.6 Å². The number of aliphatic carboxylic acids is 1. The molecule has 5 nitrogen and oxygen atoms in total. The molecule has 1 aromatic carbocycles. The minimum atomic E-state index is -3.64. The van der Waals surface area contributed by atoms with Crippen LogP contribution in [-0.2, 0) is 20.0 Å². The monoisotopic (exact) mass is 291 g/mol. The second-order valence-corrected chi connectivity index (χ2v) is 6.58. The molecule has 1 aliphatic rings. The van der Waals surface area contributed by atoms with E-state index in [0.29, 0.717) is 18.4 Å². The molecule has 0 amide bonds. The van der Waals surface area contributed by atoms with Gasteiger partial charge in [0.25, 0.3) is 0 Å². The van der Waals surface area contributed by atoms with Crippen LogP contribution in [0.3, 0.4) is 0 Å². The summed E-state index contributed by atoms with van der Waals surface area (Å²) in [4.78, 5) is 11.4. The van der Waals surface area contributed by atoms with Crippen LogP contribution in [0, 0.1) is 11.3 Å². The number of hydrogen-bond donors (Lipinski definition) is 1. The van der Waals surface area contributed by atoms with E-state index in [-0.39, 0.29) is 4.90 Å². The fraction of sp³-hybridized carbons (Fsp3) is 0.286. The molecule has 1 saturated carbocycles. The Labute approximate surface area is 117 Å². The first-order chi connectivity index (χ1) is 9.42. The van der Waals surface area contributed by atoms with Gasteiger partial charge in [0, 0.05) is 11.5 Å². The molecule has 0 radical (unpaired) electrons. The summed E-state index contributed by atoms with van der Waals surface area (Å²) in [5.74, 6) is -0.872. The number of hydrogen-bond acceptors (Lipinski definition) is 4. The van der Waals surface area contributed by atoms with E-state index in [4.69, 9.17) is 5.26 Å². The first kappa shape index (κ1) is 14.3. The van der Waals surface area contributed by atoms with Crippen LogP contribution in [0.25, 0.3) is 0 Å². The summed E-state index contributed by atoms with van der Waals surface area (Å²) in [5.41, 5.74) is -0.246. The maximum absolute atomic E-state index is 11.8. The highest BCUT2D eigenvalue weighted by molar-refractivity contribution is 7.94. The lowest BCUT2D eigenvalue weighted by molar-refractivity contribution is -0.147. The topological polar surface area (TPSA) is 95.2 Å². The first-order valence-electron chi connectivity index (χ1n) is 6.07. The summed E-state index contributed by atoms with van der Waals surface area (Å²) in [6, 6.07) is 7.48. The second kappa shape index (κ2) is 5.10. The normalized spacial score (nSPS) is 17.4. The Hall–Kier alpha value is -2.13. The zero-order valence-corrected chi connectivity index (χ0v) is 11.4. The van der Waals surface area contributed by atoms with E-state index in [0.717, 1.165) is 17.9 Å². The van der Waals surface area contributed by atoms with Gasteiger partial charge in [-0.05, 0) is 30.5 Å². The molecular formula is C14H13NO4S. The molecule has 0 atom stereocenters. The van der Waals surface area contributed by atoms with Gasteiger partial charge in [0.2, 0.25) is 9.84 Å². The molecule has 0 unspecified atom stereocenters. The lowest BCUT2D eigenvalue weighted by Gasteiger charge is -2.38.